The van der Waals surface area contributed by atoms with Gasteiger partial charge in [-0.15, -0.1) is 0 Å². The molecule has 1 aromatic heterocycles. The fourth-order valence-electron chi connectivity index (χ4n) is 2.56. The topological polar surface area (TPSA) is 110 Å². The summed E-state index contributed by atoms with van der Waals surface area (Å²) < 4.78 is 1.61. The van der Waals surface area contributed by atoms with E-state index in [1.807, 2.05) is 0 Å². The Kier molecular flexibility index (Phi) is 5.35. The third kappa shape index (κ3) is 3.82. The number of hydrogen-bond donors (Lipinski definition) is 3. The smallest absolute Gasteiger partial charge is 0.283 e. The van der Waals surface area contributed by atoms with Gasteiger partial charge < -0.3 is 16.2 Å². The highest BCUT2D eigenvalue weighted by Crippen LogP contribution is 2.27. The molecule has 0 unspecified atom stereocenters. The zero-order valence-corrected chi connectivity index (χ0v) is 13.2. The summed E-state index contributed by atoms with van der Waals surface area (Å²) in [6.45, 7) is 0.0324. The average Bonchev–Trinajstić information content (AvgIpc) is 2.47. The summed E-state index contributed by atoms with van der Waals surface area (Å²) in [5.41, 5.74) is 5.67. The Morgan fingerprint density at radius 3 is 2.71 bits per heavy atom. The molecule has 0 spiro atoms. The number of anilines is 1. The van der Waals surface area contributed by atoms with Gasteiger partial charge in [0, 0.05) is 12.0 Å². The Morgan fingerprint density at radius 1 is 1.48 bits per heavy atom. The van der Waals surface area contributed by atoms with E-state index in [1.54, 1.807) is 6.20 Å². The summed E-state index contributed by atoms with van der Waals surface area (Å²) in [6, 6.07) is 0.201. The first-order valence-corrected chi connectivity index (χ1v) is 7.74. The predicted molar refractivity (Wildman–Crippen MR) is 81.8 cm³/mol. The van der Waals surface area contributed by atoms with Gasteiger partial charge in [0.25, 0.3) is 5.56 Å². The molecule has 0 radical (unpaired) electrons. The molecule has 0 saturated heterocycles. The number of nitrogens with two attached hydrogens (primary N) is 1. The van der Waals surface area contributed by atoms with Crippen LogP contribution in [0.4, 0.5) is 5.69 Å². The van der Waals surface area contributed by atoms with E-state index < -0.39 is 0 Å². The van der Waals surface area contributed by atoms with Crippen molar-refractivity contribution in [1.29, 1.82) is 0 Å². The van der Waals surface area contributed by atoms with Gasteiger partial charge >= 0.3 is 0 Å². The van der Waals surface area contributed by atoms with Crippen LogP contribution < -0.4 is 16.6 Å². The van der Waals surface area contributed by atoms with Crippen LogP contribution in [0.15, 0.2) is 15.5 Å². The van der Waals surface area contributed by atoms with Crippen LogP contribution in [-0.2, 0) is 11.3 Å². The molecule has 8 heteroatoms. The molecule has 4 N–H and O–H groups in total. The number of primary amides is 1. The molecule has 0 atom stereocenters. The van der Waals surface area contributed by atoms with Crippen LogP contribution >= 0.6 is 15.9 Å². The fourth-order valence-corrected chi connectivity index (χ4v) is 2.98. The van der Waals surface area contributed by atoms with Gasteiger partial charge in [-0.3, -0.25) is 9.59 Å². The number of aliphatic hydroxyl groups is 1. The van der Waals surface area contributed by atoms with Crippen molar-refractivity contribution in [3.8, 4) is 0 Å². The summed E-state index contributed by atoms with van der Waals surface area (Å²) in [5, 5.41) is 16.2. The molecule has 0 aliphatic heterocycles. The molecule has 2 rings (SSSR count). The normalized spacial score (nSPS) is 22.0. The Bertz CT molecular complexity index is 567. The summed E-state index contributed by atoms with van der Waals surface area (Å²) in [6.07, 6.45) is 4.76. The number of aliphatic hydroxyl groups excluding tert-OH is 1. The second-order valence-electron chi connectivity index (χ2n) is 5.22. The van der Waals surface area contributed by atoms with Gasteiger partial charge in [0.2, 0.25) is 5.91 Å². The first kappa shape index (κ1) is 16.0. The molecule has 1 amide bonds. The molecule has 7 nitrogen and oxygen atoms in total. The van der Waals surface area contributed by atoms with Crippen molar-refractivity contribution in [2.24, 2.45) is 11.7 Å². The van der Waals surface area contributed by atoms with Crippen molar-refractivity contribution in [1.82, 2.24) is 9.78 Å². The molecule has 0 bridgehead atoms. The predicted octanol–water partition coefficient (Wildman–Crippen LogP) is 0.454. The number of halogens is 1. The molecule has 1 heterocycles. The molecule has 0 aromatic carbocycles. The van der Waals surface area contributed by atoms with Crippen LogP contribution in [0, 0.1) is 5.92 Å². The maximum Gasteiger partial charge on any atom is 0.283 e. The van der Waals surface area contributed by atoms with Crippen LogP contribution in [0.5, 0.6) is 0 Å². The van der Waals surface area contributed by atoms with E-state index in [1.165, 1.54) is 4.68 Å². The number of amides is 1. The lowest BCUT2D eigenvalue weighted by Gasteiger charge is -2.28. The van der Waals surface area contributed by atoms with E-state index in [4.69, 9.17) is 10.8 Å². The number of carbonyl (C=O) groups excluding carboxylic acids is 1. The standard InChI is InChI=1S/C13H19BrN4O3/c14-11-10(7-16-18(5-6-19)13(11)21)17-9-3-1-8(2-4-9)12(15)20/h7-9,17,19H,1-6H2,(H2,15,20). The van der Waals surface area contributed by atoms with Crippen molar-refractivity contribution in [3.63, 3.8) is 0 Å². The zero-order valence-electron chi connectivity index (χ0n) is 11.6. The van der Waals surface area contributed by atoms with E-state index in [0.717, 1.165) is 25.7 Å². The first-order chi connectivity index (χ1) is 10.0. The third-order valence-electron chi connectivity index (χ3n) is 3.79. The highest BCUT2D eigenvalue weighted by atomic mass is 79.9. The van der Waals surface area contributed by atoms with Gasteiger partial charge in [-0.1, -0.05) is 0 Å². The maximum absolute atomic E-state index is 12.0. The Hall–Kier alpha value is -1.41. The molecular formula is C13H19BrN4O3. The average molecular weight is 359 g/mol. The van der Waals surface area contributed by atoms with Gasteiger partial charge in [-0.05, 0) is 41.6 Å². The second kappa shape index (κ2) is 7.04. The van der Waals surface area contributed by atoms with Crippen LogP contribution in [-0.4, -0.2) is 33.4 Å². The van der Waals surface area contributed by atoms with Gasteiger partial charge in [0.05, 0.1) is 25.0 Å². The van der Waals surface area contributed by atoms with E-state index in [-0.39, 0.29) is 36.6 Å². The van der Waals surface area contributed by atoms with Crippen molar-refractivity contribution in [2.75, 3.05) is 11.9 Å². The fraction of sp³-hybridized carbons (Fsp3) is 0.615. The number of nitrogens with one attached hydrogen (secondary N) is 1. The van der Waals surface area contributed by atoms with Crippen molar-refractivity contribution in [3.05, 3.63) is 21.0 Å². The Labute approximate surface area is 130 Å². The number of nitrogens with zero attached hydrogens (tertiary/aromatic N) is 2. The quantitative estimate of drug-likeness (QED) is 0.707. The van der Waals surface area contributed by atoms with Crippen molar-refractivity contribution < 1.29 is 9.90 Å². The zero-order chi connectivity index (χ0) is 15.4. The number of carbonyl (C=O) groups is 1. The lowest BCUT2D eigenvalue weighted by atomic mass is 9.85. The molecule has 21 heavy (non-hydrogen) atoms. The molecule has 116 valence electrons. The van der Waals surface area contributed by atoms with Crippen LogP contribution in [0.3, 0.4) is 0 Å². The number of aromatic nitrogens is 2. The van der Waals surface area contributed by atoms with Gasteiger partial charge in [-0.2, -0.15) is 5.10 Å². The van der Waals surface area contributed by atoms with Gasteiger partial charge in [-0.25, -0.2) is 4.68 Å². The minimum Gasteiger partial charge on any atom is -0.394 e. The minimum absolute atomic E-state index is 0.0397. The molecule has 1 aliphatic carbocycles. The van der Waals surface area contributed by atoms with Crippen LogP contribution in [0.25, 0.3) is 0 Å². The van der Waals surface area contributed by atoms with Crippen LogP contribution in [0.1, 0.15) is 25.7 Å². The van der Waals surface area contributed by atoms with E-state index in [0.29, 0.717) is 10.2 Å². The molecular weight excluding hydrogens is 340 g/mol. The highest BCUT2D eigenvalue weighted by Gasteiger charge is 2.25. The third-order valence-corrected chi connectivity index (χ3v) is 4.55. The lowest BCUT2D eigenvalue weighted by molar-refractivity contribution is -0.122. The first-order valence-electron chi connectivity index (χ1n) is 6.95. The second-order valence-corrected chi connectivity index (χ2v) is 6.01. The minimum atomic E-state index is -0.278. The molecule has 1 saturated carbocycles. The summed E-state index contributed by atoms with van der Waals surface area (Å²) in [4.78, 5) is 23.1. The van der Waals surface area contributed by atoms with Crippen molar-refractivity contribution >= 4 is 27.5 Å². The number of hydrogen-bond acceptors (Lipinski definition) is 5. The largest absolute Gasteiger partial charge is 0.394 e. The van der Waals surface area contributed by atoms with Gasteiger partial charge in [0.1, 0.15) is 4.47 Å². The lowest BCUT2D eigenvalue weighted by Crippen LogP contribution is -2.33. The van der Waals surface area contributed by atoms with Gasteiger partial charge in [0.15, 0.2) is 0 Å². The Morgan fingerprint density at radius 2 is 2.14 bits per heavy atom. The van der Waals surface area contributed by atoms with Crippen molar-refractivity contribution in [2.45, 2.75) is 38.3 Å². The molecule has 1 fully saturated rings. The van der Waals surface area contributed by atoms with E-state index >= 15 is 0 Å². The maximum atomic E-state index is 12.0. The van der Waals surface area contributed by atoms with Crippen LogP contribution in [0.2, 0.25) is 0 Å². The molecule has 1 aliphatic rings. The number of rotatable bonds is 5. The monoisotopic (exact) mass is 358 g/mol. The SMILES string of the molecule is NC(=O)C1CCC(Nc2cnn(CCO)c(=O)c2Br)CC1. The van der Waals surface area contributed by atoms with E-state index in [9.17, 15) is 9.59 Å². The molecule has 1 aromatic rings. The highest BCUT2D eigenvalue weighted by molar-refractivity contribution is 9.10. The summed E-state index contributed by atoms with van der Waals surface area (Å²) >= 11 is 3.27. The Balaban J connectivity index is 2.03. The summed E-state index contributed by atoms with van der Waals surface area (Å²) in [5.74, 6) is -0.273. The van der Waals surface area contributed by atoms with E-state index in [2.05, 4.69) is 26.3 Å². The summed E-state index contributed by atoms with van der Waals surface area (Å²) in [7, 11) is 0.